The summed E-state index contributed by atoms with van der Waals surface area (Å²) in [7, 11) is -0.0911. The second-order valence-electron chi connectivity index (χ2n) is 5.05. The van der Waals surface area contributed by atoms with Gasteiger partial charge in [-0.25, -0.2) is 13.1 Å². The summed E-state index contributed by atoms with van der Waals surface area (Å²) in [6, 6.07) is 1.53. The Morgan fingerprint density at radius 1 is 1.38 bits per heavy atom. The van der Waals surface area contributed by atoms with Gasteiger partial charge < -0.3 is 14.6 Å². The van der Waals surface area contributed by atoms with Crippen LogP contribution in [0.4, 0.5) is 0 Å². The Kier molecular flexibility index (Phi) is 7.37. The fraction of sp³-hybridized carbons (Fsp3) is 0.714. The molecule has 0 aliphatic carbocycles. The minimum absolute atomic E-state index is 0.192. The average Bonchev–Trinajstić information content (AvgIpc) is 2.83. The summed E-state index contributed by atoms with van der Waals surface area (Å²) >= 11 is 0. The van der Waals surface area contributed by atoms with Crippen LogP contribution in [-0.4, -0.2) is 39.8 Å². The molecule has 1 unspecified atom stereocenters. The maximum Gasteiger partial charge on any atom is 0.242 e. The molecule has 0 aromatic carbocycles. The van der Waals surface area contributed by atoms with E-state index in [1.807, 2.05) is 25.5 Å². The van der Waals surface area contributed by atoms with Crippen molar-refractivity contribution in [2.24, 2.45) is 0 Å². The molecule has 0 amide bonds. The van der Waals surface area contributed by atoms with Gasteiger partial charge in [0.05, 0.1) is 11.5 Å². The van der Waals surface area contributed by atoms with E-state index in [1.54, 1.807) is 19.4 Å². The normalized spacial score (nSPS) is 13.5. The maximum absolute atomic E-state index is 12.5. The van der Waals surface area contributed by atoms with Gasteiger partial charge in [-0.3, -0.25) is 0 Å². The molecule has 1 aromatic rings. The summed E-state index contributed by atoms with van der Waals surface area (Å²) in [5, 5.41) is 3.05. The lowest BCUT2D eigenvalue weighted by molar-refractivity contribution is 0.171. The van der Waals surface area contributed by atoms with Crippen LogP contribution < -0.4 is 10.0 Å². The van der Waals surface area contributed by atoms with E-state index in [4.69, 9.17) is 4.74 Å². The highest BCUT2D eigenvalue weighted by Gasteiger charge is 2.22. The molecule has 0 aliphatic rings. The number of nitrogens with one attached hydrogen (secondary N) is 2. The van der Waals surface area contributed by atoms with E-state index in [2.05, 4.69) is 10.0 Å². The van der Waals surface area contributed by atoms with Crippen molar-refractivity contribution in [3.05, 3.63) is 18.0 Å². The standard InChI is InChI=1S/C14H27N3O3S/c1-5-7-12(11-20-4)16-21(18,19)14-8-13(9-15-3)17(6-2)10-14/h8,10,12,15-16H,5-7,9,11H2,1-4H3. The fourth-order valence-corrected chi connectivity index (χ4v) is 3.63. The monoisotopic (exact) mass is 317 g/mol. The summed E-state index contributed by atoms with van der Waals surface area (Å²) in [6.45, 7) is 5.77. The van der Waals surface area contributed by atoms with E-state index in [0.717, 1.165) is 25.1 Å². The first kappa shape index (κ1) is 18.2. The van der Waals surface area contributed by atoms with Crippen molar-refractivity contribution in [3.63, 3.8) is 0 Å². The quantitative estimate of drug-likeness (QED) is 0.683. The van der Waals surface area contributed by atoms with Gasteiger partial charge in [0.15, 0.2) is 0 Å². The van der Waals surface area contributed by atoms with Crippen LogP contribution in [0.2, 0.25) is 0 Å². The van der Waals surface area contributed by atoms with Crippen LogP contribution in [0.25, 0.3) is 0 Å². The zero-order chi connectivity index (χ0) is 15.9. The molecule has 21 heavy (non-hydrogen) atoms. The van der Waals surface area contributed by atoms with Crippen LogP contribution in [0.3, 0.4) is 0 Å². The Hall–Kier alpha value is -0.890. The lowest BCUT2D eigenvalue weighted by Gasteiger charge is -2.16. The van der Waals surface area contributed by atoms with Gasteiger partial charge in [0.1, 0.15) is 0 Å². The van der Waals surface area contributed by atoms with Gasteiger partial charge in [-0.15, -0.1) is 0 Å². The van der Waals surface area contributed by atoms with Crippen molar-refractivity contribution >= 4 is 10.0 Å². The molecule has 1 heterocycles. The first-order valence-corrected chi connectivity index (χ1v) is 8.81. The average molecular weight is 317 g/mol. The molecule has 2 N–H and O–H groups in total. The van der Waals surface area contributed by atoms with Crippen LogP contribution in [0.5, 0.6) is 0 Å². The first-order valence-electron chi connectivity index (χ1n) is 7.33. The van der Waals surface area contributed by atoms with Crippen LogP contribution in [0.15, 0.2) is 17.2 Å². The van der Waals surface area contributed by atoms with Gasteiger partial charge >= 0.3 is 0 Å². The van der Waals surface area contributed by atoms with Crippen molar-refractivity contribution in [3.8, 4) is 0 Å². The Balaban J connectivity index is 2.95. The minimum atomic E-state index is -3.51. The van der Waals surface area contributed by atoms with Crippen LogP contribution >= 0.6 is 0 Å². The Morgan fingerprint density at radius 2 is 2.10 bits per heavy atom. The van der Waals surface area contributed by atoms with E-state index >= 15 is 0 Å². The molecule has 0 aliphatic heterocycles. The number of aromatic nitrogens is 1. The highest BCUT2D eigenvalue weighted by atomic mass is 32.2. The summed E-state index contributed by atoms with van der Waals surface area (Å²) in [4.78, 5) is 0.312. The third-order valence-electron chi connectivity index (χ3n) is 3.30. The van der Waals surface area contributed by atoms with E-state index in [1.165, 1.54) is 0 Å². The second kappa shape index (κ2) is 8.53. The lowest BCUT2D eigenvalue weighted by Crippen LogP contribution is -2.37. The smallest absolute Gasteiger partial charge is 0.242 e. The van der Waals surface area contributed by atoms with Gasteiger partial charge in [0.2, 0.25) is 10.0 Å². The number of methoxy groups -OCH3 is 1. The van der Waals surface area contributed by atoms with E-state index < -0.39 is 10.0 Å². The van der Waals surface area contributed by atoms with Crippen molar-refractivity contribution < 1.29 is 13.2 Å². The molecule has 1 aromatic heterocycles. The predicted octanol–water partition coefficient (Wildman–Crippen LogP) is 1.32. The largest absolute Gasteiger partial charge is 0.383 e. The molecule has 6 nitrogen and oxygen atoms in total. The van der Waals surface area contributed by atoms with Gasteiger partial charge in [0.25, 0.3) is 0 Å². The number of ether oxygens (including phenoxy) is 1. The number of nitrogens with zero attached hydrogens (tertiary/aromatic N) is 1. The van der Waals surface area contributed by atoms with E-state index in [0.29, 0.717) is 18.0 Å². The molecule has 0 saturated heterocycles. The van der Waals surface area contributed by atoms with Crippen molar-refractivity contribution in [1.82, 2.24) is 14.6 Å². The van der Waals surface area contributed by atoms with Crippen molar-refractivity contribution in [1.29, 1.82) is 0 Å². The zero-order valence-corrected chi connectivity index (χ0v) is 14.2. The fourth-order valence-electron chi connectivity index (χ4n) is 2.31. The number of hydrogen-bond acceptors (Lipinski definition) is 4. The molecule has 7 heteroatoms. The maximum atomic E-state index is 12.5. The van der Waals surface area contributed by atoms with Gasteiger partial charge in [-0.1, -0.05) is 13.3 Å². The van der Waals surface area contributed by atoms with E-state index in [9.17, 15) is 8.42 Å². The van der Waals surface area contributed by atoms with Crippen LogP contribution in [0.1, 0.15) is 32.4 Å². The molecule has 1 atom stereocenters. The van der Waals surface area contributed by atoms with Gasteiger partial charge in [0, 0.05) is 38.1 Å². The number of sulfonamides is 1. The molecule has 0 radical (unpaired) electrons. The van der Waals surface area contributed by atoms with Gasteiger partial charge in [-0.05, 0) is 26.5 Å². The third-order valence-corrected chi connectivity index (χ3v) is 4.78. The predicted molar refractivity (Wildman–Crippen MR) is 83.8 cm³/mol. The van der Waals surface area contributed by atoms with Gasteiger partial charge in [-0.2, -0.15) is 0 Å². The highest BCUT2D eigenvalue weighted by Crippen LogP contribution is 2.16. The highest BCUT2D eigenvalue weighted by molar-refractivity contribution is 7.89. The number of rotatable bonds is 10. The lowest BCUT2D eigenvalue weighted by atomic mass is 10.2. The first-order chi connectivity index (χ1) is 9.98. The molecular formula is C14H27N3O3S. The number of aryl methyl sites for hydroxylation is 1. The molecule has 0 fully saturated rings. The Morgan fingerprint density at radius 3 is 2.62 bits per heavy atom. The zero-order valence-electron chi connectivity index (χ0n) is 13.3. The molecule has 0 spiro atoms. The molecule has 1 rings (SSSR count). The third kappa shape index (κ3) is 5.10. The van der Waals surface area contributed by atoms with Crippen LogP contribution in [0, 0.1) is 0 Å². The van der Waals surface area contributed by atoms with Crippen molar-refractivity contribution in [2.75, 3.05) is 20.8 Å². The molecular weight excluding hydrogens is 290 g/mol. The van der Waals surface area contributed by atoms with E-state index in [-0.39, 0.29) is 6.04 Å². The van der Waals surface area contributed by atoms with Crippen molar-refractivity contribution in [2.45, 2.75) is 50.7 Å². The summed E-state index contributed by atoms with van der Waals surface area (Å²) in [5.41, 5.74) is 0.958. The topological polar surface area (TPSA) is 72.4 Å². The molecule has 122 valence electrons. The SMILES string of the molecule is CCCC(COC)NS(=O)(=O)c1cc(CNC)n(CC)c1. The summed E-state index contributed by atoms with van der Waals surface area (Å²) in [6.07, 6.45) is 3.34. The Bertz CT molecular complexity index is 520. The summed E-state index contributed by atoms with van der Waals surface area (Å²) < 4.78 is 34.7. The Labute approximate surface area is 127 Å². The number of hydrogen-bond donors (Lipinski definition) is 2. The molecule has 0 saturated carbocycles. The second-order valence-corrected chi connectivity index (χ2v) is 6.76. The molecule has 0 bridgehead atoms. The summed E-state index contributed by atoms with van der Waals surface area (Å²) in [5.74, 6) is 0. The van der Waals surface area contributed by atoms with Crippen LogP contribution in [-0.2, 0) is 27.8 Å². The minimum Gasteiger partial charge on any atom is -0.383 e.